The van der Waals surface area contributed by atoms with Crippen LogP contribution < -0.4 is 5.73 Å². The van der Waals surface area contributed by atoms with Gasteiger partial charge in [-0.2, -0.15) is 0 Å². The molecule has 0 spiro atoms. The van der Waals surface area contributed by atoms with Crippen molar-refractivity contribution in [3.05, 3.63) is 64.7 Å². The van der Waals surface area contributed by atoms with Crippen LogP contribution in [0.5, 0.6) is 5.75 Å². The number of primary amides is 1. The van der Waals surface area contributed by atoms with Crippen LogP contribution in [0.1, 0.15) is 21.5 Å². The maximum Gasteiger partial charge on any atom is 0.235 e. The quantitative estimate of drug-likeness (QED) is 0.384. The lowest BCUT2D eigenvalue weighted by Gasteiger charge is -2.55. The number of hydrogen-bond acceptors (Lipinski definition) is 9. The second-order valence-electron chi connectivity index (χ2n) is 10.5. The van der Waals surface area contributed by atoms with Crippen molar-refractivity contribution in [1.82, 2.24) is 4.90 Å². The first-order chi connectivity index (χ1) is 18.7. The number of phenolic OH excluding ortho intramolecular Hbond substituents is 1. The maximum absolute atomic E-state index is 14.1. The Labute approximate surface area is 225 Å². The summed E-state index contributed by atoms with van der Waals surface area (Å²) in [6.45, 7) is 0. The molecule has 3 aliphatic carbocycles. The van der Waals surface area contributed by atoms with E-state index in [0.717, 1.165) is 18.2 Å². The van der Waals surface area contributed by atoms with E-state index >= 15 is 0 Å². The molecule has 7 unspecified atom stereocenters. The fourth-order valence-electron chi connectivity index (χ4n) is 6.51. The van der Waals surface area contributed by atoms with Crippen LogP contribution in [-0.4, -0.2) is 81.1 Å². The van der Waals surface area contributed by atoms with Crippen molar-refractivity contribution in [2.45, 2.75) is 17.7 Å². The Kier molecular flexibility index (Phi) is 6.32. The van der Waals surface area contributed by atoms with Gasteiger partial charge in [-0.25, -0.2) is 8.78 Å². The molecule has 2 saturated carbocycles. The summed E-state index contributed by atoms with van der Waals surface area (Å²) < 4.78 is 28.1. The van der Waals surface area contributed by atoms with Crippen LogP contribution in [0.2, 0.25) is 0 Å². The number of nitrogens with two attached hydrogens (primary N) is 1. The second-order valence-corrected chi connectivity index (χ2v) is 10.5. The second kappa shape index (κ2) is 9.22. The van der Waals surface area contributed by atoms with Crippen molar-refractivity contribution in [3.63, 3.8) is 0 Å². The van der Waals surface area contributed by atoms with E-state index in [9.17, 15) is 48.1 Å². The molecule has 1 amide bonds. The van der Waals surface area contributed by atoms with Gasteiger partial charge in [-0.3, -0.25) is 28.9 Å². The molecular weight excluding hydrogens is 530 g/mol. The average molecular weight is 555 g/mol. The number of Topliss-reactive ketones (excluding diaryl/α,β-unsaturated/α-hetero) is 4. The minimum absolute atomic E-state index is 0.00201. The molecule has 2 fully saturated rings. The molecule has 2 aromatic carbocycles. The number of carbonyl (C=O) groups is 5. The molecule has 40 heavy (non-hydrogen) atoms. The van der Waals surface area contributed by atoms with E-state index in [1.165, 1.54) is 37.2 Å². The number of fused-ring (bicyclic) bond motifs is 3. The fraction of sp³-hybridized carbons (Fsp3) is 0.321. The molecule has 3 aliphatic rings. The molecule has 2 aromatic rings. The highest BCUT2D eigenvalue weighted by Crippen LogP contribution is 2.54. The first kappa shape index (κ1) is 27.4. The van der Waals surface area contributed by atoms with Crippen molar-refractivity contribution in [2.75, 3.05) is 14.1 Å². The predicted molar refractivity (Wildman–Crippen MR) is 133 cm³/mol. The Morgan fingerprint density at radius 3 is 2.25 bits per heavy atom. The number of aromatic hydroxyl groups is 1. The normalized spacial score (nSPS) is 32.6. The van der Waals surface area contributed by atoms with E-state index in [1.54, 1.807) is 0 Å². The first-order valence-electron chi connectivity index (χ1n) is 12.2. The fourth-order valence-corrected chi connectivity index (χ4v) is 6.51. The van der Waals surface area contributed by atoms with Crippen molar-refractivity contribution < 1.29 is 48.1 Å². The number of halogens is 2. The molecule has 10 nitrogen and oxygen atoms in total. The Bertz CT molecular complexity index is 1530. The summed E-state index contributed by atoms with van der Waals surface area (Å²) in [5, 5.41) is 34.0. The van der Waals surface area contributed by atoms with Gasteiger partial charge in [-0.05, 0) is 49.0 Å². The Balaban J connectivity index is 1.81. The topological polar surface area (TPSA) is 175 Å². The zero-order chi connectivity index (χ0) is 29.4. The van der Waals surface area contributed by atoms with Crippen LogP contribution in [0.4, 0.5) is 8.78 Å². The molecule has 5 N–H and O–H groups in total. The number of rotatable bonds is 3. The van der Waals surface area contributed by atoms with Gasteiger partial charge in [0.05, 0.1) is 29.5 Å². The van der Waals surface area contributed by atoms with Crippen LogP contribution in [0.3, 0.4) is 0 Å². The van der Waals surface area contributed by atoms with Gasteiger partial charge in [0, 0.05) is 12.0 Å². The highest BCUT2D eigenvalue weighted by Gasteiger charge is 2.72. The van der Waals surface area contributed by atoms with E-state index in [4.69, 9.17) is 5.73 Å². The molecule has 0 saturated heterocycles. The maximum atomic E-state index is 14.1. The standard InChI is InChI=1S/C28H24F2N2O8/c1-32(2)21-20-23(35)17-14(8-10-6-11(29)9-12(30)7-10)13-4-3-5-15(33)16(13)22(34)18(17)25(37)28(20,40)26(38)19(24(21)36)27(31)39/h3-9,17-21,23,33,35,40H,1-2H3,(H2,31,39). The number of hydrogen-bond donors (Lipinski definition) is 4. The molecule has 7 atom stereocenters. The van der Waals surface area contributed by atoms with Crippen LogP contribution in [0.25, 0.3) is 11.6 Å². The zero-order valence-corrected chi connectivity index (χ0v) is 21.2. The third kappa shape index (κ3) is 3.67. The summed E-state index contributed by atoms with van der Waals surface area (Å²) >= 11 is 0. The SMILES string of the molecule is CN(C)C1C(=O)C(C(N)=O)C(=O)C2(O)C(=O)C3C(=O)c4c(O)cccc4C(=Cc4cc(F)cc(F)c4)C3C(O)C12. The predicted octanol–water partition coefficient (Wildman–Crippen LogP) is 0.114. The molecule has 12 heteroatoms. The average Bonchev–Trinajstić information content (AvgIpc) is 2.84. The van der Waals surface area contributed by atoms with Crippen LogP contribution in [0.15, 0.2) is 36.4 Å². The summed E-state index contributed by atoms with van der Waals surface area (Å²) in [5.41, 5.74) is 1.74. The van der Waals surface area contributed by atoms with Crippen LogP contribution >= 0.6 is 0 Å². The Hall–Kier alpha value is -4.13. The van der Waals surface area contributed by atoms with Crippen molar-refractivity contribution >= 4 is 40.7 Å². The number of carbonyl (C=O) groups excluding carboxylic acids is 5. The van der Waals surface area contributed by atoms with E-state index in [1.807, 2.05) is 0 Å². The summed E-state index contributed by atoms with van der Waals surface area (Å²) in [6, 6.07) is 4.93. The lowest BCUT2D eigenvalue weighted by molar-refractivity contribution is -0.192. The molecule has 0 bridgehead atoms. The smallest absolute Gasteiger partial charge is 0.235 e. The van der Waals surface area contributed by atoms with Gasteiger partial charge in [0.15, 0.2) is 34.7 Å². The van der Waals surface area contributed by atoms with Gasteiger partial charge in [0.1, 0.15) is 17.4 Å². The molecule has 0 aliphatic heterocycles. The lowest BCUT2D eigenvalue weighted by Crippen LogP contribution is -2.77. The molecule has 208 valence electrons. The summed E-state index contributed by atoms with van der Waals surface area (Å²) in [4.78, 5) is 67.8. The first-order valence-corrected chi connectivity index (χ1v) is 12.2. The minimum atomic E-state index is -3.17. The lowest BCUT2D eigenvalue weighted by atomic mass is 9.50. The summed E-state index contributed by atoms with van der Waals surface area (Å²) in [6.07, 6.45) is -0.718. The van der Waals surface area contributed by atoms with E-state index < -0.39 is 87.8 Å². The van der Waals surface area contributed by atoms with Gasteiger partial charge >= 0.3 is 0 Å². The number of aliphatic hydroxyl groups is 2. The third-order valence-electron chi connectivity index (χ3n) is 8.08. The number of phenols is 1. The van der Waals surface area contributed by atoms with E-state index in [-0.39, 0.29) is 22.3 Å². The molecule has 0 heterocycles. The van der Waals surface area contributed by atoms with E-state index in [2.05, 4.69) is 0 Å². The highest BCUT2D eigenvalue weighted by atomic mass is 19.1. The van der Waals surface area contributed by atoms with Crippen LogP contribution in [-0.2, 0) is 19.2 Å². The number of aliphatic hydroxyl groups excluding tert-OH is 1. The molecule has 5 rings (SSSR count). The van der Waals surface area contributed by atoms with Gasteiger partial charge < -0.3 is 21.1 Å². The number of amides is 1. The van der Waals surface area contributed by atoms with E-state index in [0.29, 0.717) is 6.07 Å². The van der Waals surface area contributed by atoms with Gasteiger partial charge in [0.25, 0.3) is 0 Å². The van der Waals surface area contributed by atoms with Gasteiger partial charge in [-0.15, -0.1) is 0 Å². The largest absolute Gasteiger partial charge is 0.507 e. The van der Waals surface area contributed by atoms with Crippen molar-refractivity contribution in [3.8, 4) is 5.75 Å². The Morgan fingerprint density at radius 2 is 1.68 bits per heavy atom. The number of benzene rings is 2. The Morgan fingerprint density at radius 1 is 1.05 bits per heavy atom. The third-order valence-corrected chi connectivity index (χ3v) is 8.08. The summed E-state index contributed by atoms with van der Waals surface area (Å²) in [7, 11) is 2.73. The van der Waals surface area contributed by atoms with Gasteiger partial charge in [0.2, 0.25) is 5.91 Å². The molecular formula is C28H24F2N2O8. The molecule has 0 radical (unpaired) electrons. The van der Waals surface area contributed by atoms with Crippen molar-refractivity contribution in [1.29, 1.82) is 0 Å². The summed E-state index contributed by atoms with van der Waals surface area (Å²) in [5.74, 6) is -16.4. The molecule has 0 aromatic heterocycles. The minimum Gasteiger partial charge on any atom is -0.507 e. The monoisotopic (exact) mass is 554 g/mol. The number of nitrogens with zero attached hydrogens (tertiary/aromatic N) is 1. The van der Waals surface area contributed by atoms with Crippen molar-refractivity contribution in [2.24, 2.45) is 29.4 Å². The zero-order valence-electron chi connectivity index (χ0n) is 21.2. The van der Waals surface area contributed by atoms with Gasteiger partial charge in [-0.1, -0.05) is 18.2 Å². The number of likely N-dealkylation sites (N-methyl/N-ethyl adjacent to an activating group) is 1. The number of ketones is 4. The highest BCUT2D eigenvalue weighted by molar-refractivity contribution is 6.33. The van der Waals surface area contributed by atoms with Crippen LogP contribution in [0, 0.1) is 35.3 Å².